The summed E-state index contributed by atoms with van der Waals surface area (Å²) in [5.74, 6) is 0. The highest BCUT2D eigenvalue weighted by molar-refractivity contribution is 5.06. The molecule has 3 unspecified atom stereocenters. The van der Waals surface area contributed by atoms with Gasteiger partial charge < -0.3 is 20.7 Å². The van der Waals surface area contributed by atoms with Crippen LogP contribution in [0.1, 0.15) is 32.6 Å². The third kappa shape index (κ3) is 3.56. The molecule has 6 heteroatoms. The monoisotopic (exact) mass is 328 g/mol. The zero-order chi connectivity index (χ0) is 16.5. The first kappa shape index (κ1) is 17.5. The molecule has 0 bridgehead atoms. The number of nitrogens with one attached hydrogen (secondary N) is 1. The second kappa shape index (κ2) is 6.92. The van der Waals surface area contributed by atoms with Crippen LogP contribution >= 0.6 is 0 Å². The van der Waals surface area contributed by atoms with Crippen molar-refractivity contribution < 1.29 is 9.13 Å². The fourth-order valence-electron chi connectivity index (χ4n) is 4.84. The number of ether oxygens (including phenoxy) is 1. The smallest absolute Gasteiger partial charge is 0.140 e. The number of rotatable bonds is 3. The predicted molar refractivity (Wildman–Crippen MR) is 90.4 cm³/mol. The maximum Gasteiger partial charge on any atom is 0.140 e. The molecule has 5 nitrogen and oxygen atoms in total. The summed E-state index contributed by atoms with van der Waals surface area (Å²) in [6.45, 7) is 7.79. The van der Waals surface area contributed by atoms with E-state index >= 15 is 4.39 Å². The van der Waals surface area contributed by atoms with Crippen molar-refractivity contribution in [3.05, 3.63) is 0 Å². The van der Waals surface area contributed by atoms with Gasteiger partial charge in [0.25, 0.3) is 0 Å². The Morgan fingerprint density at radius 3 is 2.70 bits per heavy atom. The molecule has 134 valence electrons. The van der Waals surface area contributed by atoms with E-state index in [2.05, 4.69) is 29.1 Å². The average molecular weight is 328 g/mol. The average Bonchev–Trinajstić information content (AvgIpc) is 2.49. The van der Waals surface area contributed by atoms with Gasteiger partial charge in [-0.15, -0.1) is 0 Å². The molecule has 3 atom stereocenters. The Balaban J connectivity index is 1.67. The number of likely N-dealkylation sites (tertiary alicyclic amines) is 1. The van der Waals surface area contributed by atoms with E-state index in [1.807, 2.05) is 0 Å². The second-order valence-corrected chi connectivity index (χ2v) is 7.83. The van der Waals surface area contributed by atoms with Crippen LogP contribution in [0.15, 0.2) is 0 Å². The summed E-state index contributed by atoms with van der Waals surface area (Å²) in [5.41, 5.74) is 5.09. The highest BCUT2D eigenvalue weighted by Gasteiger charge is 2.50. The number of likely N-dealkylation sites (N-methyl/N-ethyl adjacent to an activating group) is 1. The van der Waals surface area contributed by atoms with Gasteiger partial charge in [-0.25, -0.2) is 4.39 Å². The SMILES string of the molecule is CCCC1(F)CNCC(N)C1N1CCC2(CC1)CN(C)CCO2. The first-order chi connectivity index (χ1) is 11.0. The van der Waals surface area contributed by atoms with Gasteiger partial charge >= 0.3 is 0 Å². The molecule has 3 N–H and O–H groups in total. The molecule has 0 radical (unpaired) electrons. The van der Waals surface area contributed by atoms with Crippen molar-refractivity contribution in [2.45, 2.75) is 56.0 Å². The maximum atomic E-state index is 15.5. The van der Waals surface area contributed by atoms with E-state index in [-0.39, 0.29) is 17.7 Å². The van der Waals surface area contributed by atoms with E-state index in [0.717, 1.165) is 52.0 Å². The molecule has 0 aromatic heterocycles. The molecule has 1 spiro atoms. The van der Waals surface area contributed by atoms with Crippen molar-refractivity contribution in [2.24, 2.45) is 5.73 Å². The summed E-state index contributed by atoms with van der Waals surface area (Å²) < 4.78 is 21.7. The normalized spacial score (nSPS) is 39.7. The van der Waals surface area contributed by atoms with Gasteiger partial charge in [-0.2, -0.15) is 0 Å². The molecule has 3 saturated heterocycles. The molecule has 0 amide bonds. The number of nitrogens with two attached hydrogens (primary N) is 1. The molecule has 0 aromatic carbocycles. The van der Waals surface area contributed by atoms with Crippen molar-refractivity contribution in [3.63, 3.8) is 0 Å². The molecule has 0 aliphatic carbocycles. The van der Waals surface area contributed by atoms with Gasteiger partial charge in [0, 0.05) is 45.3 Å². The van der Waals surface area contributed by atoms with Crippen LogP contribution < -0.4 is 11.1 Å². The molecule has 0 aromatic rings. The van der Waals surface area contributed by atoms with E-state index in [1.54, 1.807) is 0 Å². The molecule has 3 aliphatic rings. The fourth-order valence-corrected chi connectivity index (χ4v) is 4.84. The van der Waals surface area contributed by atoms with Crippen LogP contribution in [-0.4, -0.2) is 86.1 Å². The number of halogens is 1. The van der Waals surface area contributed by atoms with E-state index in [0.29, 0.717) is 19.5 Å². The summed E-state index contributed by atoms with van der Waals surface area (Å²) in [5, 5.41) is 3.18. The summed E-state index contributed by atoms with van der Waals surface area (Å²) in [6, 6.07) is -0.299. The largest absolute Gasteiger partial charge is 0.372 e. The summed E-state index contributed by atoms with van der Waals surface area (Å²) in [7, 11) is 2.16. The van der Waals surface area contributed by atoms with Crippen molar-refractivity contribution in [3.8, 4) is 0 Å². The Morgan fingerprint density at radius 2 is 2.04 bits per heavy atom. The number of hydrogen-bond donors (Lipinski definition) is 2. The van der Waals surface area contributed by atoms with Gasteiger partial charge in [-0.05, 0) is 26.3 Å². The zero-order valence-electron chi connectivity index (χ0n) is 14.7. The summed E-state index contributed by atoms with van der Waals surface area (Å²) >= 11 is 0. The Hall–Kier alpha value is -0.270. The van der Waals surface area contributed by atoms with Crippen LogP contribution in [-0.2, 0) is 4.74 Å². The zero-order valence-corrected chi connectivity index (χ0v) is 14.7. The first-order valence-corrected chi connectivity index (χ1v) is 9.20. The van der Waals surface area contributed by atoms with Crippen molar-refractivity contribution in [1.29, 1.82) is 0 Å². The van der Waals surface area contributed by atoms with Crippen LogP contribution in [0.25, 0.3) is 0 Å². The number of morpholine rings is 1. The van der Waals surface area contributed by atoms with Crippen molar-refractivity contribution in [2.75, 3.05) is 52.9 Å². The number of alkyl halides is 1. The third-order valence-electron chi connectivity index (χ3n) is 5.94. The number of nitrogens with zero attached hydrogens (tertiary/aromatic N) is 2. The van der Waals surface area contributed by atoms with Gasteiger partial charge in [0.2, 0.25) is 0 Å². The predicted octanol–water partition coefficient (Wildman–Crippen LogP) is 0.591. The van der Waals surface area contributed by atoms with Gasteiger partial charge in [-0.3, -0.25) is 4.90 Å². The Morgan fingerprint density at radius 1 is 1.30 bits per heavy atom. The van der Waals surface area contributed by atoms with Gasteiger partial charge in [0.05, 0.1) is 18.2 Å². The summed E-state index contributed by atoms with van der Waals surface area (Å²) in [4.78, 5) is 4.66. The lowest BCUT2D eigenvalue weighted by Crippen LogP contribution is -2.70. The van der Waals surface area contributed by atoms with Crippen LogP contribution in [0.2, 0.25) is 0 Å². The highest BCUT2D eigenvalue weighted by Crippen LogP contribution is 2.36. The molecular formula is C17H33FN4O. The Labute approximate surface area is 139 Å². The van der Waals surface area contributed by atoms with Crippen LogP contribution in [0.3, 0.4) is 0 Å². The third-order valence-corrected chi connectivity index (χ3v) is 5.94. The van der Waals surface area contributed by atoms with Crippen LogP contribution in [0.4, 0.5) is 4.39 Å². The lowest BCUT2D eigenvalue weighted by atomic mass is 9.80. The standard InChI is InChI=1S/C17H33FN4O/c1-3-4-17(18)12-20-11-14(19)15(17)22-7-5-16(6-8-22)13-21(2)9-10-23-16/h14-15,20H,3-13,19H2,1-2H3. The lowest BCUT2D eigenvalue weighted by Gasteiger charge is -2.52. The molecule has 23 heavy (non-hydrogen) atoms. The highest BCUT2D eigenvalue weighted by atomic mass is 19.1. The molecule has 3 heterocycles. The van der Waals surface area contributed by atoms with E-state index in [1.165, 1.54) is 0 Å². The van der Waals surface area contributed by atoms with Gasteiger partial charge in [0.15, 0.2) is 0 Å². The number of hydrogen-bond acceptors (Lipinski definition) is 5. The second-order valence-electron chi connectivity index (χ2n) is 7.83. The van der Waals surface area contributed by atoms with Crippen molar-refractivity contribution in [1.82, 2.24) is 15.1 Å². The van der Waals surface area contributed by atoms with Crippen LogP contribution in [0, 0.1) is 0 Å². The Bertz CT molecular complexity index is 398. The van der Waals surface area contributed by atoms with E-state index in [4.69, 9.17) is 10.5 Å². The minimum absolute atomic E-state index is 0.0236. The molecule has 3 fully saturated rings. The molecular weight excluding hydrogens is 295 g/mol. The minimum atomic E-state index is -1.21. The van der Waals surface area contributed by atoms with E-state index < -0.39 is 5.67 Å². The molecule has 3 aliphatic heterocycles. The Kier molecular flexibility index (Phi) is 5.28. The quantitative estimate of drug-likeness (QED) is 0.794. The van der Waals surface area contributed by atoms with Crippen LogP contribution in [0.5, 0.6) is 0 Å². The molecule has 0 saturated carbocycles. The first-order valence-electron chi connectivity index (χ1n) is 9.20. The fraction of sp³-hybridized carbons (Fsp3) is 1.00. The summed E-state index contributed by atoms with van der Waals surface area (Å²) in [6.07, 6.45) is 3.40. The topological polar surface area (TPSA) is 53.8 Å². The maximum absolute atomic E-state index is 15.5. The van der Waals surface area contributed by atoms with Gasteiger partial charge in [-0.1, -0.05) is 13.3 Å². The van der Waals surface area contributed by atoms with Crippen molar-refractivity contribution >= 4 is 0 Å². The molecule has 3 rings (SSSR count). The minimum Gasteiger partial charge on any atom is -0.372 e. The van der Waals surface area contributed by atoms with E-state index in [9.17, 15) is 0 Å². The number of piperidine rings is 2. The van der Waals surface area contributed by atoms with Gasteiger partial charge in [0.1, 0.15) is 5.67 Å². The lowest BCUT2D eigenvalue weighted by molar-refractivity contribution is -0.143.